The highest BCUT2D eigenvalue weighted by molar-refractivity contribution is 5.72. The number of ether oxygens (including phenoxy) is 3. The molecule has 0 aromatic carbocycles. The molecule has 2 aromatic rings. The second-order valence-electron chi connectivity index (χ2n) is 3.73. The fraction of sp³-hybridized carbons (Fsp3) is 0.417. The van der Waals surface area contributed by atoms with Gasteiger partial charge in [-0.25, -0.2) is 4.98 Å². The molecule has 0 atom stereocenters. The number of aromatic nitrogens is 3. The topological polar surface area (TPSA) is 75.0 Å². The largest absolute Gasteiger partial charge is 0.481 e. The van der Waals surface area contributed by atoms with Gasteiger partial charge in [-0.3, -0.25) is 9.20 Å². The third-order valence-electron chi connectivity index (χ3n) is 2.47. The first-order valence-corrected chi connectivity index (χ1v) is 5.80. The molecule has 7 nitrogen and oxygen atoms in total. The summed E-state index contributed by atoms with van der Waals surface area (Å²) >= 11 is 0. The molecule has 0 fully saturated rings. The molecule has 102 valence electrons. The van der Waals surface area contributed by atoms with Crippen LogP contribution in [0.15, 0.2) is 12.3 Å². The number of rotatable bonds is 5. The Kier molecular flexibility index (Phi) is 3.84. The SMILES string of the molecule is CCOC(=O)Cc1cn2c(OC)nc(OC)cc2n1. The van der Waals surface area contributed by atoms with Gasteiger partial charge in [0.1, 0.15) is 5.65 Å². The lowest BCUT2D eigenvalue weighted by Crippen LogP contribution is -2.07. The summed E-state index contributed by atoms with van der Waals surface area (Å²) in [5.41, 5.74) is 1.19. The third-order valence-corrected chi connectivity index (χ3v) is 2.47. The van der Waals surface area contributed by atoms with Gasteiger partial charge >= 0.3 is 12.0 Å². The van der Waals surface area contributed by atoms with Gasteiger partial charge in [0.15, 0.2) is 0 Å². The summed E-state index contributed by atoms with van der Waals surface area (Å²) in [5, 5.41) is 0. The molecule has 0 aliphatic carbocycles. The lowest BCUT2D eigenvalue weighted by Gasteiger charge is -2.04. The number of methoxy groups -OCH3 is 2. The van der Waals surface area contributed by atoms with Crippen molar-refractivity contribution in [2.75, 3.05) is 20.8 Å². The van der Waals surface area contributed by atoms with E-state index < -0.39 is 0 Å². The second-order valence-corrected chi connectivity index (χ2v) is 3.73. The zero-order valence-corrected chi connectivity index (χ0v) is 11.0. The lowest BCUT2D eigenvalue weighted by atomic mass is 10.3. The minimum absolute atomic E-state index is 0.112. The van der Waals surface area contributed by atoms with E-state index in [9.17, 15) is 4.79 Å². The summed E-state index contributed by atoms with van der Waals surface area (Å²) in [6.45, 7) is 2.12. The fourth-order valence-electron chi connectivity index (χ4n) is 1.68. The number of carbonyl (C=O) groups is 1. The van der Waals surface area contributed by atoms with Crippen LogP contribution < -0.4 is 9.47 Å². The van der Waals surface area contributed by atoms with Gasteiger partial charge in [0.05, 0.1) is 32.9 Å². The van der Waals surface area contributed by atoms with Gasteiger partial charge < -0.3 is 14.2 Å². The molecule has 0 amide bonds. The summed E-state index contributed by atoms with van der Waals surface area (Å²) in [6, 6.07) is 2.01. The van der Waals surface area contributed by atoms with Crippen molar-refractivity contribution >= 4 is 11.6 Å². The Morgan fingerprint density at radius 2 is 2.11 bits per heavy atom. The lowest BCUT2D eigenvalue weighted by molar-refractivity contribution is -0.142. The van der Waals surface area contributed by atoms with E-state index in [1.807, 2.05) is 0 Å². The molecular formula is C12H15N3O4. The molecule has 0 bridgehead atoms. The van der Waals surface area contributed by atoms with E-state index in [0.717, 1.165) is 0 Å². The van der Waals surface area contributed by atoms with E-state index in [1.165, 1.54) is 14.2 Å². The molecule has 2 aromatic heterocycles. The zero-order chi connectivity index (χ0) is 13.8. The first-order valence-electron chi connectivity index (χ1n) is 5.80. The predicted molar refractivity (Wildman–Crippen MR) is 66.4 cm³/mol. The van der Waals surface area contributed by atoms with Crippen LogP contribution in [-0.2, 0) is 16.0 Å². The third kappa shape index (κ3) is 2.75. The molecule has 0 aliphatic heterocycles. The Labute approximate surface area is 110 Å². The van der Waals surface area contributed by atoms with Crippen molar-refractivity contribution < 1.29 is 19.0 Å². The summed E-state index contributed by atoms with van der Waals surface area (Å²) < 4.78 is 16.7. The Balaban J connectivity index is 2.36. The minimum atomic E-state index is -0.315. The molecule has 0 unspecified atom stereocenters. The second kappa shape index (κ2) is 5.55. The highest BCUT2D eigenvalue weighted by Gasteiger charge is 2.13. The number of esters is 1. The molecule has 2 heterocycles. The molecule has 2 rings (SSSR count). The molecule has 7 heteroatoms. The smallest absolute Gasteiger partial charge is 0.311 e. The molecule has 0 spiro atoms. The van der Waals surface area contributed by atoms with Crippen molar-refractivity contribution in [3.63, 3.8) is 0 Å². The van der Waals surface area contributed by atoms with Crippen LogP contribution in [0.1, 0.15) is 12.6 Å². The number of carbonyl (C=O) groups excluding carboxylic acids is 1. The van der Waals surface area contributed by atoms with Crippen molar-refractivity contribution in [2.24, 2.45) is 0 Å². The van der Waals surface area contributed by atoms with E-state index in [4.69, 9.17) is 14.2 Å². The molecule has 0 aliphatic rings. The van der Waals surface area contributed by atoms with Crippen LogP contribution in [0.4, 0.5) is 0 Å². The molecule has 0 saturated carbocycles. The van der Waals surface area contributed by atoms with Gasteiger partial charge in [0.25, 0.3) is 0 Å². The highest BCUT2D eigenvalue weighted by atomic mass is 16.5. The van der Waals surface area contributed by atoms with Crippen LogP contribution in [-0.4, -0.2) is 41.2 Å². The minimum Gasteiger partial charge on any atom is -0.481 e. The quantitative estimate of drug-likeness (QED) is 0.746. The zero-order valence-electron chi connectivity index (χ0n) is 11.0. The molecule has 0 saturated heterocycles. The average Bonchev–Trinajstić information content (AvgIpc) is 2.79. The normalized spacial score (nSPS) is 10.5. The number of nitrogens with zero attached hydrogens (tertiary/aromatic N) is 3. The van der Waals surface area contributed by atoms with Crippen molar-refractivity contribution in [1.29, 1.82) is 0 Å². The summed E-state index contributed by atoms with van der Waals surface area (Å²) in [4.78, 5) is 19.9. The van der Waals surface area contributed by atoms with Crippen molar-refractivity contribution in [3.05, 3.63) is 18.0 Å². The molecular weight excluding hydrogens is 250 g/mol. The van der Waals surface area contributed by atoms with E-state index >= 15 is 0 Å². The summed E-state index contributed by atoms with van der Waals surface area (Å²) in [7, 11) is 3.02. The Morgan fingerprint density at radius 3 is 2.74 bits per heavy atom. The number of imidazole rings is 1. The van der Waals surface area contributed by atoms with Crippen molar-refractivity contribution in [3.8, 4) is 11.9 Å². The standard InChI is InChI=1S/C12H15N3O4/c1-4-19-11(16)5-8-7-15-9(13-8)6-10(17-2)14-12(15)18-3/h6-7H,4-5H2,1-3H3. The van der Waals surface area contributed by atoms with E-state index in [-0.39, 0.29) is 12.4 Å². The van der Waals surface area contributed by atoms with Gasteiger partial charge in [0, 0.05) is 12.3 Å². The molecule has 19 heavy (non-hydrogen) atoms. The number of hydrogen-bond donors (Lipinski definition) is 0. The van der Waals surface area contributed by atoms with Gasteiger partial charge in [-0.1, -0.05) is 0 Å². The fourth-order valence-corrected chi connectivity index (χ4v) is 1.68. The van der Waals surface area contributed by atoms with Crippen LogP contribution in [0.2, 0.25) is 0 Å². The monoisotopic (exact) mass is 265 g/mol. The Hall–Kier alpha value is -2.31. The van der Waals surface area contributed by atoms with Crippen molar-refractivity contribution in [1.82, 2.24) is 14.4 Å². The molecule has 0 radical (unpaired) electrons. The number of hydrogen-bond acceptors (Lipinski definition) is 6. The summed E-state index contributed by atoms with van der Waals surface area (Å²) in [5.74, 6) is 0.0856. The Bertz CT molecular complexity index is 594. The van der Waals surface area contributed by atoms with Crippen molar-refractivity contribution in [2.45, 2.75) is 13.3 Å². The summed E-state index contributed by atoms with van der Waals surface area (Å²) in [6.07, 6.45) is 1.80. The first-order chi connectivity index (χ1) is 9.17. The van der Waals surface area contributed by atoms with Crippen LogP contribution in [0, 0.1) is 0 Å². The maximum atomic E-state index is 11.4. The van der Waals surface area contributed by atoms with E-state index in [1.54, 1.807) is 23.6 Å². The van der Waals surface area contributed by atoms with Gasteiger partial charge in [0.2, 0.25) is 5.88 Å². The van der Waals surface area contributed by atoms with Crippen LogP contribution in [0.5, 0.6) is 11.9 Å². The van der Waals surface area contributed by atoms with E-state index in [0.29, 0.717) is 29.8 Å². The highest BCUT2D eigenvalue weighted by Crippen LogP contribution is 2.19. The Morgan fingerprint density at radius 1 is 1.32 bits per heavy atom. The van der Waals surface area contributed by atoms with Gasteiger partial charge in [-0.2, -0.15) is 4.98 Å². The van der Waals surface area contributed by atoms with Gasteiger partial charge in [-0.05, 0) is 6.92 Å². The van der Waals surface area contributed by atoms with Gasteiger partial charge in [-0.15, -0.1) is 0 Å². The maximum absolute atomic E-state index is 11.4. The predicted octanol–water partition coefficient (Wildman–Crippen LogP) is 0.852. The van der Waals surface area contributed by atoms with Crippen LogP contribution in [0.25, 0.3) is 5.65 Å². The van der Waals surface area contributed by atoms with Crippen LogP contribution in [0.3, 0.4) is 0 Å². The first kappa shape index (κ1) is 13.1. The molecule has 0 N–H and O–H groups in total. The van der Waals surface area contributed by atoms with E-state index in [2.05, 4.69) is 9.97 Å². The average molecular weight is 265 g/mol. The maximum Gasteiger partial charge on any atom is 0.311 e. The van der Waals surface area contributed by atoms with Crippen LogP contribution >= 0.6 is 0 Å². The number of fused-ring (bicyclic) bond motifs is 1.